The monoisotopic (exact) mass is 295 g/mol. The van der Waals surface area contributed by atoms with E-state index < -0.39 is 5.91 Å². The molecule has 0 aliphatic carbocycles. The topological polar surface area (TPSA) is 87.7 Å². The molecule has 0 aliphatic rings. The van der Waals surface area contributed by atoms with Gasteiger partial charge in [-0.25, -0.2) is 5.43 Å². The van der Waals surface area contributed by atoms with Crippen molar-refractivity contribution in [3.8, 4) is 5.75 Å². The lowest BCUT2D eigenvalue weighted by Gasteiger charge is -1.97. The van der Waals surface area contributed by atoms with Crippen molar-refractivity contribution in [2.45, 2.75) is 6.92 Å². The maximum Gasteiger partial charge on any atom is 0.307 e. The largest absolute Gasteiger partial charge is 0.507 e. The van der Waals surface area contributed by atoms with Crippen LogP contribution in [0.4, 0.5) is 0 Å². The molecular formula is C16H13N3O3. The molecule has 0 spiro atoms. The molecule has 3 rings (SSSR count). The minimum Gasteiger partial charge on any atom is -0.507 e. The number of hydrogen-bond acceptors (Lipinski definition) is 5. The lowest BCUT2D eigenvalue weighted by molar-refractivity contribution is 0.0929. The number of rotatable bonds is 3. The van der Waals surface area contributed by atoms with Crippen LogP contribution in [0.25, 0.3) is 11.0 Å². The first kappa shape index (κ1) is 13.8. The number of nitrogens with one attached hydrogen (secondary N) is 1. The van der Waals surface area contributed by atoms with Gasteiger partial charge in [0.2, 0.25) is 0 Å². The van der Waals surface area contributed by atoms with Gasteiger partial charge in [0.1, 0.15) is 11.3 Å². The van der Waals surface area contributed by atoms with Gasteiger partial charge in [-0.1, -0.05) is 12.1 Å². The Hall–Kier alpha value is -3.15. The first-order valence-corrected chi connectivity index (χ1v) is 6.62. The Balaban J connectivity index is 1.82. The first-order valence-electron chi connectivity index (χ1n) is 6.62. The molecule has 3 aromatic rings. The number of pyridine rings is 1. The third-order valence-electron chi connectivity index (χ3n) is 3.19. The van der Waals surface area contributed by atoms with E-state index in [0.717, 1.165) is 0 Å². The van der Waals surface area contributed by atoms with Crippen molar-refractivity contribution in [2.24, 2.45) is 5.10 Å². The van der Waals surface area contributed by atoms with Gasteiger partial charge in [-0.15, -0.1) is 0 Å². The SMILES string of the molecule is Cc1c(C(=O)NN=Cc2ccccn2)oc2cccc(O)c12. The summed E-state index contributed by atoms with van der Waals surface area (Å²) in [4.78, 5) is 16.2. The van der Waals surface area contributed by atoms with Gasteiger partial charge in [0.15, 0.2) is 5.76 Å². The summed E-state index contributed by atoms with van der Waals surface area (Å²) >= 11 is 0. The summed E-state index contributed by atoms with van der Waals surface area (Å²) in [5, 5.41) is 14.2. The summed E-state index contributed by atoms with van der Waals surface area (Å²) in [6, 6.07) is 10.3. The molecular weight excluding hydrogens is 282 g/mol. The highest BCUT2D eigenvalue weighted by molar-refractivity contribution is 6.00. The number of nitrogens with zero attached hydrogens (tertiary/aromatic N) is 2. The molecule has 0 bridgehead atoms. The second kappa shape index (κ2) is 5.69. The molecule has 1 amide bonds. The van der Waals surface area contributed by atoms with Crippen LogP contribution in [-0.4, -0.2) is 22.2 Å². The van der Waals surface area contributed by atoms with E-state index in [-0.39, 0.29) is 11.5 Å². The lowest BCUT2D eigenvalue weighted by Crippen LogP contribution is -2.17. The lowest BCUT2D eigenvalue weighted by atomic mass is 10.1. The normalized spacial score (nSPS) is 11.1. The molecule has 0 fully saturated rings. The van der Waals surface area contributed by atoms with Crippen molar-refractivity contribution < 1.29 is 14.3 Å². The molecule has 2 aromatic heterocycles. The van der Waals surface area contributed by atoms with E-state index in [1.165, 1.54) is 6.21 Å². The zero-order valence-corrected chi connectivity index (χ0v) is 11.8. The number of benzene rings is 1. The Morgan fingerprint density at radius 1 is 1.32 bits per heavy atom. The summed E-state index contributed by atoms with van der Waals surface area (Å²) < 4.78 is 5.48. The number of carbonyl (C=O) groups is 1. The van der Waals surface area contributed by atoms with Gasteiger partial charge in [0.05, 0.1) is 17.3 Å². The minimum atomic E-state index is -0.486. The molecule has 6 nitrogen and oxygen atoms in total. The van der Waals surface area contributed by atoms with Crippen molar-refractivity contribution in [3.05, 3.63) is 59.6 Å². The Kier molecular flexibility index (Phi) is 3.57. The van der Waals surface area contributed by atoms with Crippen LogP contribution in [0.15, 0.2) is 52.1 Å². The fourth-order valence-electron chi connectivity index (χ4n) is 2.16. The van der Waals surface area contributed by atoms with Crippen molar-refractivity contribution in [1.29, 1.82) is 0 Å². The van der Waals surface area contributed by atoms with Crippen molar-refractivity contribution in [3.63, 3.8) is 0 Å². The van der Waals surface area contributed by atoms with Gasteiger partial charge in [0, 0.05) is 11.8 Å². The number of phenolic OH excluding ortho intramolecular Hbond substituents is 1. The number of amides is 1. The molecule has 0 unspecified atom stereocenters. The predicted octanol–water partition coefficient (Wildman–Crippen LogP) is 2.61. The number of hydrazone groups is 1. The zero-order valence-electron chi connectivity index (χ0n) is 11.8. The number of fused-ring (bicyclic) bond motifs is 1. The fourth-order valence-corrected chi connectivity index (χ4v) is 2.16. The van der Waals surface area contributed by atoms with Crippen LogP contribution in [0.2, 0.25) is 0 Å². The van der Waals surface area contributed by atoms with E-state index in [2.05, 4.69) is 15.5 Å². The van der Waals surface area contributed by atoms with Crippen molar-refractivity contribution >= 4 is 23.1 Å². The third kappa shape index (κ3) is 2.54. The molecule has 6 heteroatoms. The molecule has 22 heavy (non-hydrogen) atoms. The zero-order chi connectivity index (χ0) is 15.5. The fraction of sp³-hybridized carbons (Fsp3) is 0.0625. The van der Waals surface area contributed by atoms with Crippen molar-refractivity contribution in [1.82, 2.24) is 10.4 Å². The van der Waals surface area contributed by atoms with Crippen molar-refractivity contribution in [2.75, 3.05) is 0 Å². The summed E-state index contributed by atoms with van der Waals surface area (Å²) in [5.74, 6) is -0.287. The van der Waals surface area contributed by atoms with E-state index in [9.17, 15) is 9.90 Å². The van der Waals surface area contributed by atoms with Crippen LogP contribution in [0, 0.1) is 6.92 Å². The Morgan fingerprint density at radius 3 is 2.91 bits per heavy atom. The summed E-state index contributed by atoms with van der Waals surface area (Å²) in [5.41, 5.74) is 4.03. The first-order chi connectivity index (χ1) is 10.7. The molecule has 0 saturated heterocycles. The summed E-state index contributed by atoms with van der Waals surface area (Å²) in [6.45, 7) is 1.71. The van der Waals surface area contributed by atoms with E-state index in [4.69, 9.17) is 4.42 Å². The van der Waals surface area contributed by atoms with Gasteiger partial charge in [-0.05, 0) is 31.2 Å². The van der Waals surface area contributed by atoms with Crippen LogP contribution in [0.1, 0.15) is 21.8 Å². The Morgan fingerprint density at radius 2 is 2.18 bits per heavy atom. The predicted molar refractivity (Wildman–Crippen MR) is 81.9 cm³/mol. The number of aryl methyl sites for hydroxylation is 1. The number of furan rings is 1. The second-order valence-corrected chi connectivity index (χ2v) is 4.66. The highest BCUT2D eigenvalue weighted by Gasteiger charge is 2.19. The van der Waals surface area contributed by atoms with Gasteiger partial charge in [0.25, 0.3) is 0 Å². The van der Waals surface area contributed by atoms with Crippen LogP contribution >= 0.6 is 0 Å². The second-order valence-electron chi connectivity index (χ2n) is 4.66. The number of aromatic nitrogens is 1. The molecule has 0 atom stereocenters. The standard InChI is InChI=1S/C16H13N3O3/c1-10-14-12(20)6-4-7-13(14)22-15(10)16(21)19-18-9-11-5-2-3-8-17-11/h2-9,20H,1H3,(H,19,21). The molecule has 0 saturated carbocycles. The smallest absolute Gasteiger partial charge is 0.307 e. The molecule has 2 N–H and O–H groups in total. The number of phenols is 1. The van der Waals surface area contributed by atoms with E-state index >= 15 is 0 Å². The van der Waals surface area contributed by atoms with E-state index in [1.54, 1.807) is 43.5 Å². The van der Waals surface area contributed by atoms with Gasteiger partial charge in [-0.3, -0.25) is 9.78 Å². The maximum absolute atomic E-state index is 12.1. The molecule has 110 valence electrons. The molecule has 1 aromatic carbocycles. The third-order valence-corrected chi connectivity index (χ3v) is 3.19. The van der Waals surface area contributed by atoms with E-state index in [0.29, 0.717) is 22.2 Å². The van der Waals surface area contributed by atoms with Gasteiger partial charge < -0.3 is 9.52 Å². The number of hydrogen-bond donors (Lipinski definition) is 2. The van der Waals surface area contributed by atoms with E-state index in [1.807, 2.05) is 6.07 Å². The Bertz CT molecular complexity index is 854. The summed E-state index contributed by atoms with van der Waals surface area (Å²) in [6.07, 6.45) is 3.07. The van der Waals surface area contributed by atoms with Gasteiger partial charge >= 0.3 is 5.91 Å². The molecule has 0 aliphatic heterocycles. The number of aromatic hydroxyl groups is 1. The summed E-state index contributed by atoms with van der Waals surface area (Å²) in [7, 11) is 0. The molecule has 0 radical (unpaired) electrons. The quantitative estimate of drug-likeness (QED) is 0.574. The van der Waals surface area contributed by atoms with Gasteiger partial charge in [-0.2, -0.15) is 5.10 Å². The van der Waals surface area contributed by atoms with Crippen LogP contribution in [0.5, 0.6) is 5.75 Å². The van der Waals surface area contributed by atoms with Crippen LogP contribution in [0.3, 0.4) is 0 Å². The molecule has 2 heterocycles. The van der Waals surface area contributed by atoms with Crippen LogP contribution in [-0.2, 0) is 0 Å². The average Bonchev–Trinajstić information content (AvgIpc) is 2.87. The average molecular weight is 295 g/mol. The number of carbonyl (C=O) groups excluding carboxylic acids is 1. The highest BCUT2D eigenvalue weighted by atomic mass is 16.3. The van der Waals surface area contributed by atoms with Crippen LogP contribution < -0.4 is 5.43 Å². The Labute approximate surface area is 126 Å². The highest BCUT2D eigenvalue weighted by Crippen LogP contribution is 2.32. The maximum atomic E-state index is 12.1. The minimum absolute atomic E-state index is 0.0785.